The van der Waals surface area contributed by atoms with Crippen LogP contribution >= 0.6 is 34.3 Å². The Balaban J connectivity index is 1.52. The van der Waals surface area contributed by atoms with Crippen LogP contribution in [0, 0.1) is 0 Å². The number of hydrazone groups is 1. The van der Waals surface area contributed by atoms with Gasteiger partial charge in [0.1, 0.15) is 0 Å². The Hall–Kier alpha value is -2.47. The van der Waals surface area contributed by atoms with E-state index in [2.05, 4.69) is 52.2 Å². The highest BCUT2D eigenvalue weighted by Crippen LogP contribution is 2.39. The summed E-state index contributed by atoms with van der Waals surface area (Å²) in [6.45, 7) is 0. The number of rotatable bonds is 4. The fourth-order valence-electron chi connectivity index (χ4n) is 3.34. The number of thiophene rings is 1. The lowest BCUT2D eigenvalue weighted by Gasteiger charge is -2.21. The summed E-state index contributed by atoms with van der Waals surface area (Å²) in [4.78, 5) is 6.10. The van der Waals surface area contributed by atoms with Crippen LogP contribution in [0.1, 0.15) is 22.9 Å². The lowest BCUT2D eigenvalue weighted by atomic mass is 10.0. The summed E-state index contributed by atoms with van der Waals surface area (Å²) >= 11 is 9.37. The van der Waals surface area contributed by atoms with E-state index in [1.807, 2.05) is 30.3 Å². The first-order valence-corrected chi connectivity index (χ1v) is 11.1. The molecule has 1 aliphatic rings. The van der Waals surface area contributed by atoms with Crippen LogP contribution in [-0.4, -0.2) is 10.7 Å². The standard InChI is InChI=1S/C22H16ClN3S2/c23-17-10-8-15(9-11-17)19-14-28-22(24-19)26-20(16-5-2-1-3-6-16)13-18(25-26)21-7-4-12-27-21/h1-12,14,20H,13H2/t20-/m0/s1. The van der Waals surface area contributed by atoms with Crippen LogP contribution in [0.25, 0.3) is 11.3 Å². The summed E-state index contributed by atoms with van der Waals surface area (Å²) in [6, 6.07) is 22.7. The second kappa shape index (κ2) is 7.51. The zero-order valence-corrected chi connectivity index (χ0v) is 17.2. The monoisotopic (exact) mass is 421 g/mol. The number of halogens is 1. The van der Waals surface area contributed by atoms with Gasteiger partial charge >= 0.3 is 0 Å². The molecule has 0 aliphatic carbocycles. The van der Waals surface area contributed by atoms with Gasteiger partial charge in [-0.05, 0) is 29.1 Å². The van der Waals surface area contributed by atoms with E-state index in [-0.39, 0.29) is 6.04 Å². The fraction of sp³-hybridized carbons (Fsp3) is 0.0909. The molecular weight excluding hydrogens is 406 g/mol. The molecule has 0 radical (unpaired) electrons. The fourth-order valence-corrected chi connectivity index (χ4v) is 5.02. The first-order valence-electron chi connectivity index (χ1n) is 8.95. The molecule has 4 aromatic rings. The molecule has 5 rings (SSSR count). The first kappa shape index (κ1) is 17.6. The molecule has 6 heteroatoms. The molecule has 138 valence electrons. The Bertz CT molecular complexity index is 1100. The number of hydrogen-bond acceptors (Lipinski definition) is 5. The minimum atomic E-state index is 0.155. The van der Waals surface area contributed by atoms with Crippen molar-refractivity contribution in [3.63, 3.8) is 0 Å². The van der Waals surface area contributed by atoms with Gasteiger partial charge < -0.3 is 0 Å². The van der Waals surface area contributed by atoms with Gasteiger partial charge in [-0.2, -0.15) is 5.10 Å². The van der Waals surface area contributed by atoms with Crippen LogP contribution in [0.3, 0.4) is 0 Å². The largest absolute Gasteiger partial charge is 0.231 e. The number of anilines is 1. The van der Waals surface area contributed by atoms with Crippen molar-refractivity contribution >= 4 is 45.1 Å². The van der Waals surface area contributed by atoms with Crippen molar-refractivity contribution in [2.45, 2.75) is 12.5 Å². The number of hydrogen-bond donors (Lipinski definition) is 0. The third-order valence-electron chi connectivity index (χ3n) is 4.73. The SMILES string of the molecule is Clc1ccc(-c2csc(N3N=C(c4cccs4)C[C@H]3c3ccccc3)n2)cc1. The Morgan fingerprint density at radius 2 is 1.75 bits per heavy atom. The average molecular weight is 422 g/mol. The molecule has 3 heterocycles. The highest BCUT2D eigenvalue weighted by molar-refractivity contribution is 7.14. The summed E-state index contributed by atoms with van der Waals surface area (Å²) in [7, 11) is 0. The topological polar surface area (TPSA) is 28.5 Å². The predicted molar refractivity (Wildman–Crippen MR) is 120 cm³/mol. The summed E-state index contributed by atoms with van der Waals surface area (Å²) in [5.41, 5.74) is 4.38. The highest BCUT2D eigenvalue weighted by atomic mass is 35.5. The van der Waals surface area contributed by atoms with Crippen molar-refractivity contribution in [3.8, 4) is 11.3 Å². The second-order valence-corrected chi connectivity index (χ2v) is 8.74. The van der Waals surface area contributed by atoms with Crippen molar-refractivity contribution in [1.82, 2.24) is 4.98 Å². The van der Waals surface area contributed by atoms with E-state index in [1.54, 1.807) is 22.7 Å². The Labute approximate surface area is 176 Å². The van der Waals surface area contributed by atoms with Crippen LogP contribution < -0.4 is 5.01 Å². The van der Waals surface area contributed by atoms with E-state index in [9.17, 15) is 0 Å². The zero-order chi connectivity index (χ0) is 18.9. The molecule has 0 bridgehead atoms. The molecule has 28 heavy (non-hydrogen) atoms. The van der Waals surface area contributed by atoms with E-state index in [1.165, 1.54) is 10.4 Å². The minimum Gasteiger partial charge on any atom is -0.231 e. The smallest absolute Gasteiger partial charge is 0.207 e. The molecule has 1 aliphatic heterocycles. The van der Waals surface area contributed by atoms with E-state index in [0.29, 0.717) is 0 Å². The van der Waals surface area contributed by atoms with E-state index >= 15 is 0 Å². The van der Waals surface area contributed by atoms with E-state index in [0.717, 1.165) is 33.5 Å². The number of thiazole rings is 1. The first-order chi connectivity index (χ1) is 13.8. The molecule has 0 saturated heterocycles. The molecule has 1 atom stereocenters. The molecule has 3 nitrogen and oxygen atoms in total. The van der Waals surface area contributed by atoms with Crippen LogP contribution in [0.5, 0.6) is 0 Å². The van der Waals surface area contributed by atoms with Gasteiger partial charge in [-0.1, -0.05) is 60.1 Å². The Morgan fingerprint density at radius 1 is 0.929 bits per heavy atom. The van der Waals surface area contributed by atoms with Crippen LogP contribution in [0.15, 0.2) is 82.6 Å². The van der Waals surface area contributed by atoms with Crippen LogP contribution in [0.4, 0.5) is 5.13 Å². The maximum absolute atomic E-state index is 6.02. The minimum absolute atomic E-state index is 0.155. The van der Waals surface area contributed by atoms with Crippen molar-refractivity contribution < 1.29 is 0 Å². The van der Waals surface area contributed by atoms with E-state index < -0.39 is 0 Å². The van der Waals surface area contributed by atoms with Gasteiger partial charge in [-0.3, -0.25) is 0 Å². The Kier molecular flexibility index (Phi) is 4.72. The van der Waals surface area contributed by atoms with Crippen molar-refractivity contribution in [3.05, 3.63) is 93.0 Å². The lowest BCUT2D eigenvalue weighted by molar-refractivity contribution is 0.706. The third-order valence-corrected chi connectivity index (χ3v) is 6.73. The van der Waals surface area contributed by atoms with Crippen LogP contribution in [0.2, 0.25) is 5.02 Å². The summed E-state index contributed by atoms with van der Waals surface area (Å²) in [5.74, 6) is 0. The highest BCUT2D eigenvalue weighted by Gasteiger charge is 2.32. The second-order valence-electron chi connectivity index (χ2n) is 6.52. The van der Waals surface area contributed by atoms with Crippen LogP contribution in [-0.2, 0) is 0 Å². The molecule has 2 aromatic heterocycles. The molecule has 0 unspecified atom stereocenters. The Morgan fingerprint density at radius 3 is 2.50 bits per heavy atom. The molecule has 0 saturated carbocycles. The molecular formula is C22H16ClN3S2. The van der Waals surface area contributed by atoms with Crippen molar-refractivity contribution in [2.24, 2.45) is 5.10 Å². The number of aromatic nitrogens is 1. The summed E-state index contributed by atoms with van der Waals surface area (Å²) in [5, 5.41) is 12.9. The zero-order valence-electron chi connectivity index (χ0n) is 14.8. The van der Waals surface area contributed by atoms with E-state index in [4.69, 9.17) is 21.7 Å². The molecule has 0 N–H and O–H groups in total. The van der Waals surface area contributed by atoms with Crippen molar-refractivity contribution in [1.29, 1.82) is 0 Å². The van der Waals surface area contributed by atoms with Gasteiger partial charge in [-0.15, -0.1) is 22.7 Å². The van der Waals surface area contributed by atoms with Gasteiger partial charge in [-0.25, -0.2) is 9.99 Å². The predicted octanol–water partition coefficient (Wildman–Crippen LogP) is 6.88. The number of nitrogens with zero attached hydrogens (tertiary/aromatic N) is 3. The third kappa shape index (κ3) is 3.37. The molecule has 2 aromatic carbocycles. The summed E-state index contributed by atoms with van der Waals surface area (Å²) < 4.78 is 0. The normalized spacial score (nSPS) is 16.4. The van der Waals surface area contributed by atoms with Gasteiger partial charge in [0.2, 0.25) is 5.13 Å². The maximum atomic E-state index is 6.02. The van der Waals surface area contributed by atoms with Crippen molar-refractivity contribution in [2.75, 3.05) is 5.01 Å². The van der Waals surface area contributed by atoms with Gasteiger partial charge in [0.25, 0.3) is 0 Å². The average Bonchev–Trinajstić information content (AvgIpc) is 3.48. The maximum Gasteiger partial charge on any atom is 0.207 e. The molecule has 0 amide bonds. The molecule has 0 spiro atoms. The quantitative estimate of drug-likeness (QED) is 0.359. The lowest BCUT2D eigenvalue weighted by Crippen LogP contribution is -2.18. The summed E-state index contributed by atoms with van der Waals surface area (Å²) in [6.07, 6.45) is 0.875. The van der Waals surface area contributed by atoms with Gasteiger partial charge in [0, 0.05) is 22.4 Å². The van der Waals surface area contributed by atoms with Gasteiger partial charge in [0.15, 0.2) is 0 Å². The van der Waals surface area contributed by atoms with Gasteiger partial charge in [0.05, 0.1) is 22.3 Å². The molecule has 0 fully saturated rings. The number of benzene rings is 2.